The molecule has 1 saturated heterocycles. The fraction of sp³-hybridized carbons (Fsp3) is 0.545. The molecule has 1 spiro atoms. The van der Waals surface area contributed by atoms with Gasteiger partial charge in [-0.15, -0.1) is 0 Å². The Morgan fingerprint density at radius 1 is 1.41 bits per heavy atom. The molecular weight excluding hydrogens is 394 g/mol. The van der Waals surface area contributed by atoms with Crippen LogP contribution in [0.5, 0.6) is 0 Å². The predicted octanol–water partition coefficient (Wildman–Crippen LogP) is 5.09. The van der Waals surface area contributed by atoms with Crippen molar-refractivity contribution in [2.75, 3.05) is 6.61 Å². The maximum atomic E-state index is 14.5. The van der Waals surface area contributed by atoms with Crippen LogP contribution in [0.25, 0.3) is 0 Å². The quantitative estimate of drug-likeness (QED) is 0.640. The molecular formula is C22H26F2N2O2S. The molecule has 1 aliphatic carbocycles. The lowest BCUT2D eigenvalue weighted by atomic mass is 9.69. The molecule has 4 nitrogen and oxygen atoms in total. The summed E-state index contributed by atoms with van der Waals surface area (Å²) in [6.45, 7) is 6.57. The number of amides is 1. The Morgan fingerprint density at radius 3 is 2.97 bits per heavy atom. The van der Waals surface area contributed by atoms with Crippen LogP contribution in [-0.2, 0) is 9.53 Å². The van der Waals surface area contributed by atoms with Crippen LogP contribution < -0.4 is 0 Å². The number of allylic oxidation sites excluding steroid dienone is 1. The van der Waals surface area contributed by atoms with Crippen LogP contribution in [0.2, 0.25) is 0 Å². The van der Waals surface area contributed by atoms with Gasteiger partial charge in [0.1, 0.15) is 21.5 Å². The van der Waals surface area contributed by atoms with E-state index in [0.29, 0.717) is 24.5 Å². The molecule has 1 aromatic carbocycles. The highest BCUT2D eigenvalue weighted by molar-refractivity contribution is 8.15. The number of rotatable bonds is 3. The summed E-state index contributed by atoms with van der Waals surface area (Å²) >= 11 is 1.38. The number of halogens is 2. The van der Waals surface area contributed by atoms with E-state index in [1.807, 2.05) is 13.8 Å². The second-order valence-electron chi connectivity index (χ2n) is 8.59. The summed E-state index contributed by atoms with van der Waals surface area (Å²) in [5, 5.41) is 6.50. The van der Waals surface area contributed by atoms with Gasteiger partial charge in [-0.1, -0.05) is 44.7 Å². The van der Waals surface area contributed by atoms with Crippen LogP contribution in [0.4, 0.5) is 8.78 Å². The number of hydrogen-bond donors (Lipinski definition) is 0. The van der Waals surface area contributed by atoms with Crippen LogP contribution in [0.3, 0.4) is 0 Å². The van der Waals surface area contributed by atoms with Gasteiger partial charge in [-0.05, 0) is 37.0 Å². The number of carbonyl (C=O) groups excluding carboxylic acids is 1. The second kappa shape index (κ2) is 7.51. The summed E-state index contributed by atoms with van der Waals surface area (Å²) in [6, 6.07) is 3.35. The van der Waals surface area contributed by atoms with E-state index in [1.54, 1.807) is 5.01 Å². The van der Waals surface area contributed by atoms with Crippen LogP contribution in [-0.4, -0.2) is 33.5 Å². The smallest absolute Gasteiger partial charge is 0.244 e. The van der Waals surface area contributed by atoms with Gasteiger partial charge in [0, 0.05) is 23.8 Å². The van der Waals surface area contributed by atoms with Crippen molar-refractivity contribution in [2.45, 2.75) is 57.4 Å². The van der Waals surface area contributed by atoms with Gasteiger partial charge in [0.15, 0.2) is 0 Å². The molecule has 7 heteroatoms. The average Bonchev–Trinajstić information content (AvgIpc) is 3.05. The first-order valence-electron chi connectivity index (χ1n) is 10.1. The zero-order valence-corrected chi connectivity index (χ0v) is 17.8. The highest BCUT2D eigenvalue weighted by Gasteiger charge is 2.63. The van der Waals surface area contributed by atoms with Gasteiger partial charge in [0.05, 0.1) is 12.7 Å². The highest BCUT2D eigenvalue weighted by Crippen LogP contribution is 2.59. The summed E-state index contributed by atoms with van der Waals surface area (Å²) in [5.74, 6) is -1.00. The SMILES string of the molecule is CC(C)CC(=O)N1N=C(c2cc(F)ccc2F)SC12CCOC1CCC=C[C@@]12C. The molecule has 2 aliphatic heterocycles. The molecule has 3 atom stereocenters. The third-order valence-corrected chi connectivity index (χ3v) is 7.76. The normalized spacial score (nSPS) is 31.3. The molecule has 156 valence electrons. The van der Waals surface area contributed by atoms with Crippen molar-refractivity contribution >= 4 is 22.7 Å². The van der Waals surface area contributed by atoms with Gasteiger partial charge < -0.3 is 4.74 Å². The first kappa shape index (κ1) is 20.5. The minimum atomic E-state index is -0.715. The van der Waals surface area contributed by atoms with E-state index < -0.39 is 21.9 Å². The number of carbonyl (C=O) groups is 1. The maximum absolute atomic E-state index is 14.5. The molecule has 1 fully saturated rings. The second-order valence-corrected chi connectivity index (χ2v) is 9.86. The molecule has 3 aliphatic rings. The Bertz CT molecular complexity index is 888. The fourth-order valence-corrected chi connectivity index (χ4v) is 6.13. The van der Waals surface area contributed by atoms with E-state index in [0.717, 1.165) is 31.0 Å². The van der Waals surface area contributed by atoms with Gasteiger partial charge in [-0.2, -0.15) is 5.10 Å². The number of ether oxygens (including phenoxy) is 1. The summed E-state index contributed by atoms with van der Waals surface area (Å²) in [4.78, 5) is 12.5. The Labute approximate surface area is 174 Å². The Morgan fingerprint density at radius 2 is 2.21 bits per heavy atom. The van der Waals surface area contributed by atoms with Crippen molar-refractivity contribution in [1.29, 1.82) is 0 Å². The number of hydrazone groups is 1. The van der Waals surface area contributed by atoms with Gasteiger partial charge in [-0.3, -0.25) is 4.79 Å². The molecule has 1 amide bonds. The minimum absolute atomic E-state index is 0.0463. The van der Waals surface area contributed by atoms with E-state index >= 15 is 0 Å². The third kappa shape index (κ3) is 3.32. The zero-order chi connectivity index (χ0) is 20.8. The van der Waals surface area contributed by atoms with Crippen LogP contribution in [0.1, 0.15) is 52.0 Å². The first-order valence-corrected chi connectivity index (χ1v) is 10.9. The third-order valence-electron chi connectivity index (χ3n) is 6.11. The van der Waals surface area contributed by atoms with Gasteiger partial charge >= 0.3 is 0 Å². The molecule has 2 heterocycles. The number of nitrogens with zero attached hydrogens (tertiary/aromatic N) is 2. The monoisotopic (exact) mass is 420 g/mol. The molecule has 29 heavy (non-hydrogen) atoms. The fourth-order valence-electron chi connectivity index (χ4n) is 4.58. The van der Waals surface area contributed by atoms with E-state index in [9.17, 15) is 13.6 Å². The maximum Gasteiger partial charge on any atom is 0.244 e. The topological polar surface area (TPSA) is 41.9 Å². The van der Waals surface area contributed by atoms with Gasteiger partial charge in [-0.25, -0.2) is 13.8 Å². The average molecular weight is 421 g/mol. The van der Waals surface area contributed by atoms with Crippen molar-refractivity contribution in [3.63, 3.8) is 0 Å². The van der Waals surface area contributed by atoms with Gasteiger partial charge in [0.2, 0.25) is 5.91 Å². The Hall–Kier alpha value is -1.73. The van der Waals surface area contributed by atoms with Crippen molar-refractivity contribution in [3.8, 4) is 0 Å². The van der Waals surface area contributed by atoms with Crippen LogP contribution >= 0.6 is 11.8 Å². The molecule has 4 rings (SSSR count). The van der Waals surface area contributed by atoms with E-state index in [-0.39, 0.29) is 23.5 Å². The summed E-state index contributed by atoms with van der Waals surface area (Å²) in [5.41, 5.74) is -0.379. The molecule has 0 saturated carbocycles. The molecule has 0 radical (unpaired) electrons. The van der Waals surface area contributed by atoms with Gasteiger partial charge in [0.25, 0.3) is 0 Å². The summed E-state index contributed by atoms with van der Waals surface area (Å²) < 4.78 is 34.5. The largest absolute Gasteiger partial charge is 0.377 e. The molecule has 0 N–H and O–H groups in total. The standard InChI is InChI=1S/C22H26F2N2O2S/c1-14(2)12-19(27)26-22(10-11-28-18-6-4-5-9-21(18,22)3)29-20(25-26)16-13-15(23)7-8-17(16)24/h5,7-9,13-14,18H,4,6,10-12H2,1-3H3/t18?,21-,22?/m0/s1. The molecule has 0 aromatic heterocycles. The van der Waals surface area contributed by atoms with Crippen LogP contribution in [0, 0.1) is 23.0 Å². The lowest BCUT2D eigenvalue weighted by Gasteiger charge is -2.55. The Balaban J connectivity index is 1.82. The lowest BCUT2D eigenvalue weighted by molar-refractivity contribution is -0.153. The number of hydrogen-bond acceptors (Lipinski definition) is 4. The number of thioether (sulfide) groups is 1. The Kier molecular flexibility index (Phi) is 5.32. The van der Waals surface area contributed by atoms with Crippen LogP contribution in [0.15, 0.2) is 35.5 Å². The zero-order valence-electron chi connectivity index (χ0n) is 17.0. The highest BCUT2D eigenvalue weighted by atomic mass is 32.2. The van der Waals surface area contributed by atoms with Crippen molar-refractivity contribution in [2.24, 2.45) is 16.4 Å². The summed E-state index contributed by atoms with van der Waals surface area (Å²) in [7, 11) is 0. The van der Waals surface area contributed by atoms with Crippen molar-refractivity contribution in [1.82, 2.24) is 5.01 Å². The predicted molar refractivity (Wildman–Crippen MR) is 110 cm³/mol. The van der Waals surface area contributed by atoms with Crippen molar-refractivity contribution in [3.05, 3.63) is 47.5 Å². The minimum Gasteiger partial charge on any atom is -0.377 e. The van der Waals surface area contributed by atoms with E-state index in [4.69, 9.17) is 4.74 Å². The molecule has 0 bridgehead atoms. The van der Waals surface area contributed by atoms with E-state index in [1.165, 1.54) is 11.8 Å². The molecule has 1 aromatic rings. The van der Waals surface area contributed by atoms with E-state index in [2.05, 4.69) is 24.2 Å². The first-order chi connectivity index (χ1) is 13.8. The number of benzene rings is 1. The lowest BCUT2D eigenvalue weighted by Crippen LogP contribution is -2.63. The summed E-state index contributed by atoms with van der Waals surface area (Å²) in [6.07, 6.45) is 6.91. The van der Waals surface area contributed by atoms with Crippen molar-refractivity contribution < 1.29 is 18.3 Å². The molecule has 2 unspecified atom stereocenters. The number of fused-ring (bicyclic) bond motifs is 2.